The van der Waals surface area contributed by atoms with Gasteiger partial charge in [-0.1, -0.05) is 6.07 Å². The van der Waals surface area contributed by atoms with Crippen LogP contribution >= 0.6 is 0 Å². The number of halogens is 1. The lowest BCUT2D eigenvalue weighted by molar-refractivity contribution is 0.448. The minimum atomic E-state index is -3.64. The number of nitrogens with zero attached hydrogens (tertiary/aromatic N) is 2. The minimum absolute atomic E-state index is 0.0806. The molecule has 4 rings (SSSR count). The number of hydrogen-bond donors (Lipinski definition) is 0. The number of aryl methyl sites for hydroxylation is 1. The van der Waals surface area contributed by atoms with Gasteiger partial charge in [-0.25, -0.2) is 17.8 Å². The van der Waals surface area contributed by atoms with Gasteiger partial charge in [0, 0.05) is 13.1 Å². The molecule has 2 aromatic carbocycles. The van der Waals surface area contributed by atoms with Crippen molar-refractivity contribution in [2.75, 3.05) is 13.1 Å². The molecule has 3 aromatic rings. The third-order valence-corrected chi connectivity index (χ3v) is 6.39. The van der Waals surface area contributed by atoms with Crippen molar-refractivity contribution in [3.8, 4) is 0 Å². The van der Waals surface area contributed by atoms with Gasteiger partial charge in [-0.15, -0.1) is 0 Å². The lowest BCUT2D eigenvalue weighted by Crippen LogP contribution is -2.28. The second kappa shape index (κ2) is 5.93. The van der Waals surface area contributed by atoms with Crippen molar-refractivity contribution in [2.24, 2.45) is 0 Å². The molecule has 0 aliphatic carbocycles. The Morgan fingerprint density at radius 3 is 2.72 bits per heavy atom. The molecule has 7 heteroatoms. The van der Waals surface area contributed by atoms with E-state index in [-0.39, 0.29) is 10.8 Å². The molecule has 0 amide bonds. The molecular weight excluding hydrogens is 343 g/mol. The van der Waals surface area contributed by atoms with Crippen LogP contribution in [0, 0.1) is 12.7 Å². The van der Waals surface area contributed by atoms with Gasteiger partial charge in [-0.3, -0.25) is 0 Å². The maximum Gasteiger partial charge on any atom is 0.243 e. The molecule has 0 radical (unpaired) electrons. The van der Waals surface area contributed by atoms with Gasteiger partial charge in [-0.05, 0) is 55.3 Å². The Kier molecular flexibility index (Phi) is 3.85. The summed E-state index contributed by atoms with van der Waals surface area (Å²) in [7, 11) is -3.64. The Labute approximate surface area is 145 Å². The van der Waals surface area contributed by atoms with Crippen LogP contribution in [0.4, 0.5) is 4.39 Å². The van der Waals surface area contributed by atoms with Gasteiger partial charge < -0.3 is 4.42 Å². The first kappa shape index (κ1) is 16.2. The average Bonchev–Trinajstić information content (AvgIpc) is 3.21. The van der Waals surface area contributed by atoms with Crippen LogP contribution in [0.2, 0.25) is 0 Å². The van der Waals surface area contributed by atoms with E-state index < -0.39 is 15.8 Å². The van der Waals surface area contributed by atoms with E-state index in [9.17, 15) is 12.8 Å². The normalized spacial score (nSPS) is 18.9. The maximum absolute atomic E-state index is 13.0. The highest BCUT2D eigenvalue weighted by atomic mass is 32.2. The van der Waals surface area contributed by atoms with Crippen LogP contribution in [0.25, 0.3) is 11.1 Å². The van der Waals surface area contributed by atoms with Gasteiger partial charge in [0.15, 0.2) is 11.5 Å². The van der Waals surface area contributed by atoms with Crippen molar-refractivity contribution >= 4 is 21.1 Å². The second-order valence-electron chi connectivity index (χ2n) is 6.33. The van der Waals surface area contributed by atoms with Crippen LogP contribution in [0.1, 0.15) is 23.8 Å². The number of sulfonamides is 1. The second-order valence-corrected chi connectivity index (χ2v) is 8.26. The first-order valence-corrected chi connectivity index (χ1v) is 9.50. The molecule has 0 bridgehead atoms. The Morgan fingerprint density at radius 2 is 1.96 bits per heavy atom. The Bertz CT molecular complexity index is 1030. The summed E-state index contributed by atoms with van der Waals surface area (Å²) in [5, 5.41) is 0. The zero-order chi connectivity index (χ0) is 17.6. The highest BCUT2D eigenvalue weighted by Gasteiger charge is 2.35. The predicted octanol–water partition coefficient (Wildman–Crippen LogP) is 3.45. The maximum atomic E-state index is 13.0. The number of benzene rings is 2. The summed E-state index contributed by atoms with van der Waals surface area (Å²) in [6.07, 6.45) is 0.645. The molecule has 130 valence electrons. The molecule has 1 aliphatic heterocycles. The van der Waals surface area contributed by atoms with Crippen LogP contribution in [0.5, 0.6) is 0 Å². The van der Waals surface area contributed by atoms with E-state index in [2.05, 4.69) is 4.98 Å². The summed E-state index contributed by atoms with van der Waals surface area (Å²) >= 11 is 0. The fraction of sp³-hybridized carbons (Fsp3) is 0.278. The summed E-state index contributed by atoms with van der Waals surface area (Å²) in [6, 6.07) is 10.7. The van der Waals surface area contributed by atoms with Gasteiger partial charge >= 0.3 is 0 Å². The number of fused-ring (bicyclic) bond motifs is 1. The van der Waals surface area contributed by atoms with Crippen LogP contribution in [-0.4, -0.2) is 30.8 Å². The standard InChI is InChI=1S/C18H17FN2O3S/c1-12-2-7-17-16(10-12)20-18(24-17)13-8-9-21(11-13)25(22,23)15-5-3-14(19)4-6-15/h2-7,10,13H,8-9,11H2,1H3. The fourth-order valence-electron chi connectivity index (χ4n) is 3.13. The molecule has 1 unspecified atom stereocenters. The Balaban J connectivity index is 1.58. The number of hydrogen-bond acceptors (Lipinski definition) is 4. The molecule has 5 nitrogen and oxygen atoms in total. The fourth-order valence-corrected chi connectivity index (χ4v) is 4.63. The van der Waals surface area contributed by atoms with Crippen molar-refractivity contribution in [3.63, 3.8) is 0 Å². The molecule has 1 fully saturated rings. The largest absolute Gasteiger partial charge is 0.440 e. The first-order chi connectivity index (χ1) is 11.9. The van der Waals surface area contributed by atoms with Gasteiger partial charge in [0.1, 0.15) is 11.3 Å². The van der Waals surface area contributed by atoms with E-state index >= 15 is 0 Å². The summed E-state index contributed by atoms with van der Waals surface area (Å²) in [5.74, 6) is 0.0281. The topological polar surface area (TPSA) is 63.4 Å². The summed E-state index contributed by atoms with van der Waals surface area (Å²) in [5.41, 5.74) is 2.59. The number of aromatic nitrogens is 1. The third-order valence-electron chi connectivity index (χ3n) is 4.51. The van der Waals surface area contributed by atoms with E-state index in [1.807, 2.05) is 25.1 Å². The molecule has 25 heavy (non-hydrogen) atoms. The van der Waals surface area contributed by atoms with E-state index in [0.29, 0.717) is 31.0 Å². The highest BCUT2D eigenvalue weighted by Crippen LogP contribution is 2.32. The predicted molar refractivity (Wildman–Crippen MR) is 91.3 cm³/mol. The molecule has 0 saturated carbocycles. The molecule has 1 saturated heterocycles. The average molecular weight is 360 g/mol. The van der Waals surface area contributed by atoms with Crippen molar-refractivity contribution < 1.29 is 17.2 Å². The summed E-state index contributed by atoms with van der Waals surface area (Å²) in [6.45, 7) is 2.69. The van der Waals surface area contributed by atoms with E-state index in [4.69, 9.17) is 4.42 Å². The van der Waals surface area contributed by atoms with E-state index in [1.54, 1.807) is 0 Å². The van der Waals surface area contributed by atoms with Crippen molar-refractivity contribution in [3.05, 3.63) is 59.7 Å². The van der Waals surface area contributed by atoms with Crippen LogP contribution < -0.4 is 0 Å². The molecule has 0 spiro atoms. The highest BCUT2D eigenvalue weighted by molar-refractivity contribution is 7.89. The minimum Gasteiger partial charge on any atom is -0.440 e. The monoisotopic (exact) mass is 360 g/mol. The van der Waals surface area contributed by atoms with Crippen LogP contribution in [-0.2, 0) is 10.0 Å². The lowest BCUT2D eigenvalue weighted by Gasteiger charge is -2.16. The van der Waals surface area contributed by atoms with E-state index in [0.717, 1.165) is 23.2 Å². The zero-order valence-corrected chi connectivity index (χ0v) is 14.5. The van der Waals surface area contributed by atoms with Crippen molar-refractivity contribution in [1.82, 2.24) is 9.29 Å². The molecule has 2 heterocycles. The molecule has 1 aliphatic rings. The number of rotatable bonds is 3. The Hall–Kier alpha value is -2.25. The van der Waals surface area contributed by atoms with Gasteiger partial charge in [-0.2, -0.15) is 4.31 Å². The smallest absolute Gasteiger partial charge is 0.243 e. The van der Waals surface area contributed by atoms with Gasteiger partial charge in [0.05, 0.1) is 10.8 Å². The summed E-state index contributed by atoms with van der Waals surface area (Å²) < 4.78 is 45.6. The quantitative estimate of drug-likeness (QED) is 0.718. The first-order valence-electron chi connectivity index (χ1n) is 8.06. The zero-order valence-electron chi connectivity index (χ0n) is 13.6. The number of oxazole rings is 1. The van der Waals surface area contributed by atoms with Crippen LogP contribution in [0.15, 0.2) is 51.8 Å². The van der Waals surface area contributed by atoms with Crippen molar-refractivity contribution in [2.45, 2.75) is 24.2 Å². The van der Waals surface area contributed by atoms with Crippen molar-refractivity contribution in [1.29, 1.82) is 0 Å². The lowest BCUT2D eigenvalue weighted by atomic mass is 10.1. The molecule has 1 atom stereocenters. The summed E-state index contributed by atoms with van der Waals surface area (Å²) in [4.78, 5) is 4.62. The van der Waals surface area contributed by atoms with Crippen LogP contribution in [0.3, 0.4) is 0 Å². The molecule has 0 N–H and O–H groups in total. The van der Waals surface area contributed by atoms with E-state index in [1.165, 1.54) is 16.4 Å². The molecular formula is C18H17FN2O3S. The van der Waals surface area contributed by atoms with Gasteiger partial charge in [0.25, 0.3) is 0 Å². The van der Waals surface area contributed by atoms with Gasteiger partial charge in [0.2, 0.25) is 10.0 Å². The Morgan fingerprint density at radius 1 is 1.20 bits per heavy atom. The SMILES string of the molecule is Cc1ccc2oc(C3CCN(S(=O)(=O)c4ccc(F)cc4)C3)nc2c1. The molecule has 1 aromatic heterocycles. The third kappa shape index (κ3) is 2.94.